The summed E-state index contributed by atoms with van der Waals surface area (Å²) in [5, 5.41) is 3.46. The van der Waals surface area contributed by atoms with Crippen LogP contribution in [0.3, 0.4) is 0 Å². The molecule has 2 aromatic heterocycles. The fourth-order valence-electron chi connectivity index (χ4n) is 3.52. The van der Waals surface area contributed by atoms with Crippen molar-refractivity contribution in [1.82, 2.24) is 19.4 Å². The maximum Gasteiger partial charge on any atom is 0.233 e. The van der Waals surface area contributed by atoms with Crippen molar-refractivity contribution in [2.45, 2.75) is 25.4 Å². The summed E-state index contributed by atoms with van der Waals surface area (Å²) in [4.78, 5) is 11.1. The Morgan fingerprint density at radius 1 is 1.12 bits per heavy atom. The molecule has 0 radical (unpaired) electrons. The number of anilines is 1. The smallest absolute Gasteiger partial charge is 0.233 e. The Hall–Kier alpha value is -2.73. The first-order valence-electron chi connectivity index (χ1n) is 8.96. The molecular formula is C20H22FN5. The molecule has 1 aliphatic heterocycles. The van der Waals surface area contributed by atoms with Crippen LogP contribution in [0.25, 0.3) is 5.95 Å². The third-order valence-corrected chi connectivity index (χ3v) is 4.69. The zero-order chi connectivity index (χ0) is 17.8. The zero-order valence-electron chi connectivity index (χ0n) is 14.6. The van der Waals surface area contributed by atoms with Crippen LogP contribution in [-0.4, -0.2) is 38.6 Å². The molecule has 1 aromatic carbocycles. The Labute approximate surface area is 152 Å². The number of hydrogen-bond acceptors (Lipinski definition) is 4. The fraction of sp³-hybridized carbons (Fsp3) is 0.300. The van der Waals surface area contributed by atoms with Gasteiger partial charge in [0, 0.05) is 49.1 Å². The van der Waals surface area contributed by atoms with E-state index in [0.29, 0.717) is 12.0 Å². The molecule has 0 amide bonds. The number of halogens is 1. The minimum atomic E-state index is -0.205. The van der Waals surface area contributed by atoms with Crippen molar-refractivity contribution in [3.63, 3.8) is 0 Å². The van der Waals surface area contributed by atoms with Gasteiger partial charge in [-0.15, -0.1) is 0 Å². The number of aromatic nitrogens is 3. The van der Waals surface area contributed by atoms with Crippen molar-refractivity contribution >= 4 is 5.69 Å². The van der Waals surface area contributed by atoms with Gasteiger partial charge in [-0.25, -0.2) is 14.4 Å². The fourth-order valence-corrected chi connectivity index (χ4v) is 3.52. The Balaban J connectivity index is 1.42. The normalized spacial score (nSPS) is 18.0. The Bertz CT molecular complexity index is 848. The van der Waals surface area contributed by atoms with Gasteiger partial charge in [-0.3, -0.25) is 9.47 Å². The average molecular weight is 351 g/mol. The molecule has 3 aromatic rings. The monoisotopic (exact) mass is 351 g/mol. The first-order chi connectivity index (χ1) is 12.8. The zero-order valence-corrected chi connectivity index (χ0v) is 14.6. The summed E-state index contributed by atoms with van der Waals surface area (Å²) in [6.07, 6.45) is 7.72. The number of hydrogen-bond donors (Lipinski definition) is 1. The second-order valence-corrected chi connectivity index (χ2v) is 6.65. The molecule has 134 valence electrons. The van der Waals surface area contributed by atoms with E-state index in [1.807, 2.05) is 29.0 Å². The third-order valence-electron chi connectivity index (χ3n) is 4.69. The summed E-state index contributed by atoms with van der Waals surface area (Å²) in [5.41, 5.74) is 2.01. The van der Waals surface area contributed by atoms with E-state index in [-0.39, 0.29) is 5.82 Å². The molecule has 1 N–H and O–H groups in total. The topological polar surface area (TPSA) is 46.0 Å². The van der Waals surface area contributed by atoms with Gasteiger partial charge in [0.2, 0.25) is 5.95 Å². The Morgan fingerprint density at radius 2 is 2.00 bits per heavy atom. The van der Waals surface area contributed by atoms with Gasteiger partial charge in [0.15, 0.2) is 0 Å². The molecule has 1 fully saturated rings. The quantitative estimate of drug-likeness (QED) is 0.764. The van der Waals surface area contributed by atoms with Crippen LogP contribution in [0.1, 0.15) is 18.5 Å². The van der Waals surface area contributed by atoms with Gasteiger partial charge in [-0.05, 0) is 55.8 Å². The summed E-state index contributed by atoms with van der Waals surface area (Å²) >= 11 is 0. The van der Waals surface area contributed by atoms with E-state index in [1.54, 1.807) is 24.5 Å². The molecule has 26 heavy (non-hydrogen) atoms. The summed E-state index contributed by atoms with van der Waals surface area (Å²) in [6.45, 7) is 2.83. The molecule has 0 saturated carbocycles. The molecule has 3 heterocycles. The molecule has 1 saturated heterocycles. The summed E-state index contributed by atoms with van der Waals surface area (Å²) in [6, 6.07) is 13.0. The molecule has 0 aliphatic carbocycles. The van der Waals surface area contributed by atoms with Crippen LogP contribution in [0.5, 0.6) is 0 Å². The minimum absolute atomic E-state index is 0.205. The Kier molecular flexibility index (Phi) is 4.93. The highest BCUT2D eigenvalue weighted by atomic mass is 19.1. The van der Waals surface area contributed by atoms with Gasteiger partial charge in [0.1, 0.15) is 5.82 Å². The summed E-state index contributed by atoms with van der Waals surface area (Å²) in [5.74, 6) is 0.488. The highest BCUT2D eigenvalue weighted by Gasteiger charge is 2.21. The van der Waals surface area contributed by atoms with Crippen molar-refractivity contribution in [3.8, 4) is 5.95 Å². The van der Waals surface area contributed by atoms with Crippen LogP contribution in [0, 0.1) is 5.82 Å². The SMILES string of the molecule is Fc1cccc(NC2CCCN(Cc3cccn3-c3ncccn3)C2)c1. The predicted molar refractivity (Wildman–Crippen MR) is 99.7 cm³/mol. The lowest BCUT2D eigenvalue weighted by molar-refractivity contribution is 0.205. The molecule has 5 nitrogen and oxygen atoms in total. The average Bonchev–Trinajstić information content (AvgIpc) is 3.11. The number of nitrogens with zero attached hydrogens (tertiary/aromatic N) is 4. The number of piperidine rings is 1. The van der Waals surface area contributed by atoms with Crippen LogP contribution in [0.2, 0.25) is 0 Å². The molecular weight excluding hydrogens is 329 g/mol. The van der Waals surface area contributed by atoms with Crippen molar-refractivity contribution in [1.29, 1.82) is 0 Å². The van der Waals surface area contributed by atoms with Crippen molar-refractivity contribution in [2.75, 3.05) is 18.4 Å². The first kappa shape index (κ1) is 16.7. The lowest BCUT2D eigenvalue weighted by atomic mass is 10.0. The number of likely N-dealkylation sites (tertiary alicyclic amines) is 1. The van der Waals surface area contributed by atoms with E-state index >= 15 is 0 Å². The molecule has 6 heteroatoms. The van der Waals surface area contributed by atoms with Crippen LogP contribution < -0.4 is 5.32 Å². The molecule has 1 atom stereocenters. The first-order valence-corrected chi connectivity index (χ1v) is 8.96. The van der Waals surface area contributed by atoms with Crippen molar-refractivity contribution < 1.29 is 4.39 Å². The standard InChI is InChI=1S/C20H22FN5/c21-16-5-1-6-17(13-16)24-18-7-2-11-25(14-18)15-19-8-3-12-26(19)20-22-9-4-10-23-20/h1,3-6,8-10,12-13,18,24H,2,7,11,14-15H2. The highest BCUT2D eigenvalue weighted by molar-refractivity contribution is 5.44. The van der Waals surface area contributed by atoms with Crippen LogP contribution >= 0.6 is 0 Å². The van der Waals surface area contributed by atoms with Gasteiger partial charge in [0.25, 0.3) is 0 Å². The minimum Gasteiger partial charge on any atom is -0.381 e. The van der Waals surface area contributed by atoms with E-state index in [0.717, 1.165) is 38.2 Å². The maximum atomic E-state index is 13.4. The number of benzene rings is 1. The van der Waals surface area contributed by atoms with Crippen LogP contribution in [0.15, 0.2) is 61.1 Å². The molecule has 0 spiro atoms. The van der Waals surface area contributed by atoms with E-state index in [9.17, 15) is 4.39 Å². The van der Waals surface area contributed by atoms with Gasteiger partial charge >= 0.3 is 0 Å². The van der Waals surface area contributed by atoms with E-state index < -0.39 is 0 Å². The summed E-state index contributed by atoms with van der Waals surface area (Å²) in [7, 11) is 0. The van der Waals surface area contributed by atoms with E-state index in [2.05, 4.69) is 26.3 Å². The van der Waals surface area contributed by atoms with Gasteiger partial charge in [0.05, 0.1) is 0 Å². The van der Waals surface area contributed by atoms with Crippen LogP contribution in [0.4, 0.5) is 10.1 Å². The second-order valence-electron chi connectivity index (χ2n) is 6.65. The van der Waals surface area contributed by atoms with Gasteiger partial charge in [-0.1, -0.05) is 6.07 Å². The third kappa shape index (κ3) is 3.91. The van der Waals surface area contributed by atoms with Crippen molar-refractivity contribution in [2.24, 2.45) is 0 Å². The van der Waals surface area contributed by atoms with Crippen molar-refractivity contribution in [3.05, 3.63) is 72.6 Å². The van der Waals surface area contributed by atoms with Crippen LogP contribution in [-0.2, 0) is 6.54 Å². The predicted octanol–water partition coefficient (Wildman–Crippen LogP) is 3.48. The highest BCUT2D eigenvalue weighted by Crippen LogP contribution is 2.19. The lowest BCUT2D eigenvalue weighted by Gasteiger charge is -2.33. The maximum absolute atomic E-state index is 13.4. The Morgan fingerprint density at radius 3 is 2.85 bits per heavy atom. The van der Waals surface area contributed by atoms with E-state index in [1.165, 1.54) is 11.8 Å². The largest absolute Gasteiger partial charge is 0.381 e. The molecule has 4 rings (SSSR count). The molecule has 1 unspecified atom stereocenters. The number of rotatable bonds is 5. The van der Waals surface area contributed by atoms with E-state index in [4.69, 9.17) is 0 Å². The van der Waals surface area contributed by atoms with Gasteiger partial charge in [-0.2, -0.15) is 0 Å². The second kappa shape index (κ2) is 7.66. The lowest BCUT2D eigenvalue weighted by Crippen LogP contribution is -2.41. The number of nitrogens with one attached hydrogen (secondary N) is 1. The molecule has 0 bridgehead atoms. The summed E-state index contributed by atoms with van der Waals surface area (Å²) < 4.78 is 15.4. The molecule has 1 aliphatic rings. The van der Waals surface area contributed by atoms with Gasteiger partial charge < -0.3 is 5.32 Å².